The molecule has 1 fully saturated rings. The van der Waals surface area contributed by atoms with E-state index in [2.05, 4.69) is 18.8 Å². The Hall–Kier alpha value is -1.55. The van der Waals surface area contributed by atoms with E-state index in [-0.39, 0.29) is 6.61 Å². The highest BCUT2D eigenvalue weighted by Gasteiger charge is 2.64. The number of carboxylic acid groups (broad SMARTS) is 1. The van der Waals surface area contributed by atoms with Crippen molar-refractivity contribution in [2.45, 2.75) is 117 Å². The highest BCUT2D eigenvalue weighted by Crippen LogP contribution is 2.53. The SMILES string of the molecule is CCCCCCCCCCC#Cc1ccc(C(O)[C@]2(C(C)(C)C)COC(C)(C)N2C(=O)O)s1. The molecule has 1 aliphatic rings. The number of amides is 1. The monoisotopic (exact) mass is 477 g/mol. The lowest BCUT2D eigenvalue weighted by Crippen LogP contribution is -2.64. The van der Waals surface area contributed by atoms with Crippen LogP contribution in [-0.2, 0) is 4.74 Å². The van der Waals surface area contributed by atoms with E-state index >= 15 is 0 Å². The Balaban J connectivity index is 2.03. The Morgan fingerprint density at radius 1 is 1.15 bits per heavy atom. The van der Waals surface area contributed by atoms with Crippen LogP contribution in [0.4, 0.5) is 4.79 Å². The largest absolute Gasteiger partial charge is 0.465 e. The zero-order valence-corrected chi connectivity index (χ0v) is 22.2. The molecule has 2 atom stereocenters. The van der Waals surface area contributed by atoms with Crippen LogP contribution in [0.1, 0.15) is 115 Å². The molecule has 33 heavy (non-hydrogen) atoms. The summed E-state index contributed by atoms with van der Waals surface area (Å²) < 4.78 is 5.91. The summed E-state index contributed by atoms with van der Waals surface area (Å²) in [5, 5.41) is 21.5. The predicted molar refractivity (Wildman–Crippen MR) is 135 cm³/mol. The van der Waals surface area contributed by atoms with E-state index in [0.717, 1.165) is 17.7 Å². The molecule has 0 bridgehead atoms. The number of thiophene rings is 1. The van der Waals surface area contributed by atoms with Gasteiger partial charge in [0.25, 0.3) is 0 Å². The summed E-state index contributed by atoms with van der Waals surface area (Å²) in [7, 11) is 0. The lowest BCUT2D eigenvalue weighted by atomic mass is 9.69. The van der Waals surface area contributed by atoms with Gasteiger partial charge in [0.1, 0.15) is 17.4 Å². The molecule has 0 aromatic carbocycles. The van der Waals surface area contributed by atoms with Crippen molar-refractivity contribution in [1.29, 1.82) is 0 Å². The lowest BCUT2D eigenvalue weighted by Gasteiger charge is -2.50. The Bertz CT molecular complexity index is 829. The van der Waals surface area contributed by atoms with Gasteiger partial charge < -0.3 is 14.9 Å². The van der Waals surface area contributed by atoms with Crippen molar-refractivity contribution in [3.63, 3.8) is 0 Å². The van der Waals surface area contributed by atoms with Crippen LogP contribution in [0.2, 0.25) is 0 Å². The molecule has 1 amide bonds. The summed E-state index contributed by atoms with van der Waals surface area (Å²) in [5.74, 6) is 6.49. The van der Waals surface area contributed by atoms with Gasteiger partial charge in [0.2, 0.25) is 0 Å². The molecule has 2 N–H and O–H groups in total. The van der Waals surface area contributed by atoms with Gasteiger partial charge in [-0.3, -0.25) is 4.90 Å². The molecular weight excluding hydrogens is 434 g/mol. The minimum absolute atomic E-state index is 0.133. The highest BCUT2D eigenvalue weighted by atomic mass is 32.1. The zero-order valence-electron chi connectivity index (χ0n) is 21.4. The fourth-order valence-electron chi connectivity index (χ4n) is 4.76. The summed E-state index contributed by atoms with van der Waals surface area (Å²) in [6.45, 7) is 11.7. The molecule has 5 nitrogen and oxygen atoms in total. The van der Waals surface area contributed by atoms with Crippen molar-refractivity contribution in [3.05, 3.63) is 21.9 Å². The van der Waals surface area contributed by atoms with E-state index in [1.165, 1.54) is 61.2 Å². The number of rotatable bonds is 10. The molecule has 0 radical (unpaired) electrons. The van der Waals surface area contributed by atoms with Crippen LogP contribution in [-0.4, -0.2) is 39.1 Å². The predicted octanol–water partition coefficient (Wildman–Crippen LogP) is 7.20. The first-order chi connectivity index (χ1) is 15.5. The molecular formula is C27H43NO4S. The second-order valence-corrected chi connectivity index (χ2v) is 11.8. The normalized spacial score (nSPS) is 21.0. The number of carbonyl (C=O) groups is 1. The van der Waals surface area contributed by atoms with Crippen molar-refractivity contribution in [2.75, 3.05) is 6.61 Å². The Morgan fingerprint density at radius 2 is 1.76 bits per heavy atom. The third-order valence-electron chi connectivity index (χ3n) is 6.79. The molecule has 0 saturated carbocycles. The van der Waals surface area contributed by atoms with Gasteiger partial charge in [0.05, 0.1) is 11.5 Å². The minimum atomic E-state index is -1.10. The summed E-state index contributed by atoms with van der Waals surface area (Å²) in [6, 6.07) is 3.79. The van der Waals surface area contributed by atoms with Gasteiger partial charge in [-0.05, 0) is 37.8 Å². The van der Waals surface area contributed by atoms with E-state index in [4.69, 9.17) is 4.74 Å². The van der Waals surface area contributed by atoms with Crippen molar-refractivity contribution in [1.82, 2.24) is 4.90 Å². The molecule has 1 aromatic rings. The molecule has 1 aromatic heterocycles. The molecule has 0 spiro atoms. The molecule has 1 aliphatic heterocycles. The summed E-state index contributed by atoms with van der Waals surface area (Å²) in [4.78, 5) is 15.2. The maximum absolute atomic E-state index is 12.3. The summed E-state index contributed by atoms with van der Waals surface area (Å²) in [5.41, 5.74) is -2.67. The van der Waals surface area contributed by atoms with Crippen molar-refractivity contribution >= 4 is 17.4 Å². The van der Waals surface area contributed by atoms with E-state index < -0.39 is 28.9 Å². The third kappa shape index (κ3) is 6.53. The maximum atomic E-state index is 12.3. The number of hydrogen-bond donors (Lipinski definition) is 2. The molecule has 186 valence electrons. The van der Waals surface area contributed by atoms with Crippen LogP contribution in [0.3, 0.4) is 0 Å². The van der Waals surface area contributed by atoms with Crippen LogP contribution in [0.15, 0.2) is 12.1 Å². The van der Waals surface area contributed by atoms with E-state index in [1.54, 1.807) is 13.8 Å². The van der Waals surface area contributed by atoms with Gasteiger partial charge in [-0.1, -0.05) is 84.5 Å². The second-order valence-electron chi connectivity index (χ2n) is 10.7. The van der Waals surface area contributed by atoms with Crippen LogP contribution >= 0.6 is 11.3 Å². The fraction of sp³-hybridized carbons (Fsp3) is 0.741. The van der Waals surface area contributed by atoms with Crippen LogP contribution in [0.25, 0.3) is 0 Å². The van der Waals surface area contributed by atoms with Crippen molar-refractivity contribution in [2.24, 2.45) is 5.41 Å². The summed E-state index contributed by atoms with van der Waals surface area (Å²) >= 11 is 1.44. The number of aliphatic hydroxyl groups is 1. The Kier molecular flexibility index (Phi) is 9.84. The Morgan fingerprint density at radius 3 is 2.33 bits per heavy atom. The average Bonchev–Trinajstić information content (AvgIpc) is 3.30. The number of hydrogen-bond acceptors (Lipinski definition) is 4. The molecule has 0 aliphatic carbocycles. The van der Waals surface area contributed by atoms with Crippen LogP contribution in [0.5, 0.6) is 0 Å². The number of unbranched alkanes of at least 4 members (excludes halogenated alkanes) is 8. The molecule has 2 rings (SSSR count). The van der Waals surface area contributed by atoms with Gasteiger partial charge in [-0.15, -0.1) is 11.3 Å². The first-order valence-electron chi connectivity index (χ1n) is 12.4. The first kappa shape index (κ1) is 27.7. The molecule has 1 unspecified atom stereocenters. The quantitative estimate of drug-likeness (QED) is 0.276. The lowest BCUT2D eigenvalue weighted by molar-refractivity contribution is -0.0918. The Labute approximate surface area is 204 Å². The standard InChI is InChI=1S/C27H43NO4S/c1-7-8-9-10-11-12-13-14-15-16-17-21-18-19-22(33-21)23(29)27(25(2,3)4)20-32-26(5,6)28(27)24(30)31/h18-19,23,29H,7-15,20H2,1-6H3,(H,30,31)/t23?,27-/m0/s1. The third-order valence-corrected chi connectivity index (χ3v) is 7.84. The van der Waals surface area contributed by atoms with Gasteiger partial charge >= 0.3 is 6.09 Å². The zero-order chi connectivity index (χ0) is 24.7. The van der Waals surface area contributed by atoms with Crippen molar-refractivity contribution in [3.8, 4) is 11.8 Å². The second kappa shape index (κ2) is 11.7. The van der Waals surface area contributed by atoms with E-state index in [0.29, 0.717) is 4.88 Å². The minimum Gasteiger partial charge on any atom is -0.465 e. The topological polar surface area (TPSA) is 70.0 Å². The van der Waals surface area contributed by atoms with Gasteiger partial charge in [0, 0.05) is 11.3 Å². The van der Waals surface area contributed by atoms with E-state index in [9.17, 15) is 15.0 Å². The highest BCUT2D eigenvalue weighted by molar-refractivity contribution is 7.12. The van der Waals surface area contributed by atoms with Crippen molar-refractivity contribution < 1.29 is 19.7 Å². The van der Waals surface area contributed by atoms with Gasteiger partial charge in [-0.25, -0.2) is 4.79 Å². The smallest absolute Gasteiger partial charge is 0.410 e. The van der Waals surface area contributed by atoms with Gasteiger partial charge in [0.15, 0.2) is 0 Å². The number of aliphatic hydroxyl groups excluding tert-OH is 1. The first-order valence-corrected chi connectivity index (χ1v) is 13.2. The number of nitrogens with zero attached hydrogens (tertiary/aromatic N) is 1. The molecule has 6 heteroatoms. The molecule has 2 heterocycles. The van der Waals surface area contributed by atoms with Crippen LogP contribution in [0, 0.1) is 17.3 Å². The average molecular weight is 478 g/mol. The summed E-state index contributed by atoms with van der Waals surface area (Å²) in [6.07, 6.45) is 9.07. The molecule has 1 saturated heterocycles. The van der Waals surface area contributed by atoms with Gasteiger partial charge in [-0.2, -0.15) is 0 Å². The van der Waals surface area contributed by atoms with E-state index in [1.807, 2.05) is 32.9 Å². The number of ether oxygens (including phenoxy) is 1. The maximum Gasteiger partial charge on any atom is 0.410 e. The van der Waals surface area contributed by atoms with Crippen LogP contribution < -0.4 is 0 Å². The fourth-order valence-corrected chi connectivity index (χ4v) is 5.72.